The van der Waals surface area contributed by atoms with Crippen molar-refractivity contribution in [2.24, 2.45) is 0 Å². The fraction of sp³-hybridized carbons (Fsp3) is 0.462. The number of carbonyl (C=O) groups excluding carboxylic acids is 1. The lowest BCUT2D eigenvalue weighted by Gasteiger charge is -2.22. The standard InChI is InChI=1S/C13H18N2O4S/c1-3-14-11(8-20(2,17)18)9-4-5-12-10(6-9)15-13(16)7-19-12/h4-6,11,14H,3,7-8H2,1-2H3,(H,15,16). The van der Waals surface area contributed by atoms with Crippen LogP contribution in [-0.4, -0.2) is 39.5 Å². The number of anilines is 1. The number of benzene rings is 1. The van der Waals surface area contributed by atoms with Gasteiger partial charge in [-0.15, -0.1) is 0 Å². The molecular formula is C13H18N2O4S. The molecule has 1 atom stereocenters. The van der Waals surface area contributed by atoms with Crippen LogP contribution < -0.4 is 15.4 Å². The summed E-state index contributed by atoms with van der Waals surface area (Å²) in [7, 11) is -3.11. The summed E-state index contributed by atoms with van der Waals surface area (Å²) in [5.41, 5.74) is 1.39. The van der Waals surface area contributed by atoms with Gasteiger partial charge in [0.1, 0.15) is 15.6 Å². The second kappa shape index (κ2) is 5.80. The molecule has 0 spiro atoms. The van der Waals surface area contributed by atoms with Crippen molar-refractivity contribution < 1.29 is 17.9 Å². The van der Waals surface area contributed by atoms with Crippen LogP contribution in [0.5, 0.6) is 5.75 Å². The SMILES string of the molecule is CCNC(CS(C)(=O)=O)c1ccc2c(c1)NC(=O)CO2. The molecule has 6 nitrogen and oxygen atoms in total. The Hall–Kier alpha value is -1.60. The lowest BCUT2D eigenvalue weighted by Crippen LogP contribution is -2.29. The fourth-order valence-corrected chi connectivity index (χ4v) is 3.06. The van der Waals surface area contributed by atoms with Crippen molar-refractivity contribution in [2.45, 2.75) is 13.0 Å². The minimum Gasteiger partial charge on any atom is -0.482 e. The van der Waals surface area contributed by atoms with Crippen LogP contribution in [-0.2, 0) is 14.6 Å². The maximum absolute atomic E-state index is 11.5. The number of amides is 1. The van der Waals surface area contributed by atoms with E-state index in [-0.39, 0.29) is 24.3 Å². The number of ether oxygens (including phenoxy) is 1. The van der Waals surface area contributed by atoms with E-state index in [0.29, 0.717) is 18.0 Å². The Labute approximate surface area is 118 Å². The van der Waals surface area contributed by atoms with Crippen LogP contribution in [0.25, 0.3) is 0 Å². The van der Waals surface area contributed by atoms with Crippen molar-refractivity contribution in [3.8, 4) is 5.75 Å². The quantitative estimate of drug-likeness (QED) is 0.836. The zero-order chi connectivity index (χ0) is 14.8. The van der Waals surface area contributed by atoms with Crippen molar-refractivity contribution in [3.63, 3.8) is 0 Å². The largest absolute Gasteiger partial charge is 0.482 e. The van der Waals surface area contributed by atoms with Crippen LogP contribution in [0.1, 0.15) is 18.5 Å². The summed E-state index contributed by atoms with van der Waals surface area (Å²) < 4.78 is 28.3. The molecule has 20 heavy (non-hydrogen) atoms. The molecule has 0 saturated heterocycles. The van der Waals surface area contributed by atoms with E-state index in [1.807, 2.05) is 13.0 Å². The van der Waals surface area contributed by atoms with Gasteiger partial charge in [-0.05, 0) is 24.2 Å². The van der Waals surface area contributed by atoms with Crippen molar-refractivity contribution >= 4 is 21.4 Å². The van der Waals surface area contributed by atoms with Crippen molar-refractivity contribution in [3.05, 3.63) is 23.8 Å². The molecule has 1 aliphatic heterocycles. The summed E-state index contributed by atoms with van der Waals surface area (Å²) in [5, 5.41) is 5.86. The molecule has 0 bridgehead atoms. The van der Waals surface area contributed by atoms with Crippen LogP contribution in [0.15, 0.2) is 18.2 Å². The third-order valence-corrected chi connectivity index (χ3v) is 3.90. The van der Waals surface area contributed by atoms with Gasteiger partial charge in [0.05, 0.1) is 11.4 Å². The number of carbonyl (C=O) groups is 1. The van der Waals surface area contributed by atoms with Crippen molar-refractivity contribution in [1.82, 2.24) is 5.32 Å². The first-order valence-corrected chi connectivity index (χ1v) is 8.43. The summed E-state index contributed by atoms with van der Waals surface area (Å²) in [4.78, 5) is 11.3. The lowest BCUT2D eigenvalue weighted by atomic mass is 10.1. The Balaban J connectivity index is 2.29. The molecule has 0 fully saturated rings. The highest BCUT2D eigenvalue weighted by Gasteiger charge is 2.21. The molecule has 1 aromatic rings. The van der Waals surface area contributed by atoms with Gasteiger partial charge in [0, 0.05) is 12.3 Å². The van der Waals surface area contributed by atoms with E-state index in [1.165, 1.54) is 6.26 Å². The van der Waals surface area contributed by atoms with E-state index >= 15 is 0 Å². The van der Waals surface area contributed by atoms with Crippen LogP contribution in [0.2, 0.25) is 0 Å². The minimum atomic E-state index is -3.11. The van der Waals surface area contributed by atoms with E-state index in [1.54, 1.807) is 12.1 Å². The molecule has 1 aromatic carbocycles. The maximum atomic E-state index is 11.5. The Morgan fingerprint density at radius 2 is 2.20 bits per heavy atom. The third kappa shape index (κ3) is 3.71. The highest BCUT2D eigenvalue weighted by molar-refractivity contribution is 7.90. The molecule has 110 valence electrons. The van der Waals surface area contributed by atoms with Crippen LogP contribution >= 0.6 is 0 Å². The third-order valence-electron chi connectivity index (χ3n) is 2.96. The topological polar surface area (TPSA) is 84.5 Å². The predicted octanol–water partition coefficient (Wildman–Crippen LogP) is 0.713. The Kier molecular flexibility index (Phi) is 4.29. The summed E-state index contributed by atoms with van der Waals surface area (Å²) in [6.45, 7) is 2.57. The molecule has 0 radical (unpaired) electrons. The summed E-state index contributed by atoms with van der Waals surface area (Å²) in [5.74, 6) is 0.398. The molecule has 2 N–H and O–H groups in total. The highest BCUT2D eigenvalue weighted by atomic mass is 32.2. The smallest absolute Gasteiger partial charge is 0.262 e. The molecule has 1 heterocycles. The van der Waals surface area contributed by atoms with Gasteiger partial charge in [0.2, 0.25) is 0 Å². The molecule has 1 amide bonds. The summed E-state index contributed by atoms with van der Waals surface area (Å²) in [6.07, 6.45) is 1.21. The zero-order valence-corrected chi connectivity index (χ0v) is 12.3. The molecule has 2 rings (SSSR count). The van der Waals surface area contributed by atoms with Gasteiger partial charge in [-0.1, -0.05) is 13.0 Å². The fourth-order valence-electron chi connectivity index (χ4n) is 2.14. The van der Waals surface area contributed by atoms with E-state index < -0.39 is 9.84 Å². The zero-order valence-electron chi connectivity index (χ0n) is 11.5. The summed E-state index contributed by atoms with van der Waals surface area (Å²) in [6, 6.07) is 5.01. The summed E-state index contributed by atoms with van der Waals surface area (Å²) >= 11 is 0. The number of nitrogens with one attached hydrogen (secondary N) is 2. The molecule has 7 heteroatoms. The minimum absolute atomic E-state index is 0.00627. The lowest BCUT2D eigenvalue weighted by molar-refractivity contribution is -0.118. The Morgan fingerprint density at radius 1 is 1.45 bits per heavy atom. The molecule has 0 aromatic heterocycles. The second-order valence-corrected chi connectivity index (χ2v) is 6.98. The number of hydrogen-bond donors (Lipinski definition) is 2. The van der Waals surface area contributed by atoms with E-state index in [9.17, 15) is 13.2 Å². The van der Waals surface area contributed by atoms with Crippen LogP contribution in [0.4, 0.5) is 5.69 Å². The molecule has 1 aliphatic rings. The van der Waals surface area contributed by atoms with Crippen molar-refractivity contribution in [1.29, 1.82) is 0 Å². The maximum Gasteiger partial charge on any atom is 0.262 e. The molecular weight excluding hydrogens is 280 g/mol. The predicted molar refractivity (Wildman–Crippen MR) is 76.7 cm³/mol. The van der Waals surface area contributed by atoms with E-state index in [0.717, 1.165) is 5.56 Å². The van der Waals surface area contributed by atoms with Gasteiger partial charge < -0.3 is 15.4 Å². The number of hydrogen-bond acceptors (Lipinski definition) is 5. The normalized spacial score (nSPS) is 16.0. The highest BCUT2D eigenvalue weighted by Crippen LogP contribution is 2.30. The van der Waals surface area contributed by atoms with Crippen molar-refractivity contribution in [2.75, 3.05) is 30.5 Å². The van der Waals surface area contributed by atoms with Gasteiger partial charge in [-0.2, -0.15) is 0 Å². The second-order valence-electron chi connectivity index (χ2n) is 4.80. The molecule has 0 aliphatic carbocycles. The van der Waals surface area contributed by atoms with Crippen LogP contribution in [0.3, 0.4) is 0 Å². The van der Waals surface area contributed by atoms with E-state index in [2.05, 4.69) is 10.6 Å². The molecule has 1 unspecified atom stereocenters. The first kappa shape index (κ1) is 14.8. The Bertz CT molecular complexity index is 613. The number of rotatable bonds is 5. The van der Waals surface area contributed by atoms with Gasteiger partial charge >= 0.3 is 0 Å². The number of fused-ring (bicyclic) bond motifs is 1. The number of sulfone groups is 1. The first-order chi connectivity index (χ1) is 9.39. The first-order valence-electron chi connectivity index (χ1n) is 6.37. The average molecular weight is 298 g/mol. The van der Waals surface area contributed by atoms with Gasteiger partial charge in [0.15, 0.2) is 6.61 Å². The molecule has 0 saturated carbocycles. The van der Waals surface area contributed by atoms with E-state index in [4.69, 9.17) is 4.74 Å². The van der Waals surface area contributed by atoms with Gasteiger partial charge in [-0.25, -0.2) is 8.42 Å². The average Bonchev–Trinajstić information content (AvgIpc) is 2.36. The van der Waals surface area contributed by atoms with Gasteiger partial charge in [-0.3, -0.25) is 4.79 Å². The van der Waals surface area contributed by atoms with Gasteiger partial charge in [0.25, 0.3) is 5.91 Å². The van der Waals surface area contributed by atoms with Crippen LogP contribution in [0, 0.1) is 0 Å². The Morgan fingerprint density at radius 3 is 2.85 bits per heavy atom. The monoisotopic (exact) mass is 298 g/mol.